The Hall–Kier alpha value is -1.46. The van der Waals surface area contributed by atoms with Crippen LogP contribution in [0.15, 0.2) is 22.9 Å². The third-order valence-electron chi connectivity index (χ3n) is 2.17. The summed E-state index contributed by atoms with van der Waals surface area (Å²) in [6, 6.07) is 3.47. The van der Waals surface area contributed by atoms with Crippen LogP contribution in [0.1, 0.15) is 18.7 Å². The van der Waals surface area contributed by atoms with Crippen molar-refractivity contribution in [3.63, 3.8) is 0 Å². The fourth-order valence-corrected chi connectivity index (χ4v) is 1.26. The Labute approximate surface area is 97.6 Å². The van der Waals surface area contributed by atoms with Crippen molar-refractivity contribution in [1.29, 1.82) is 0 Å². The Morgan fingerprint density at radius 2 is 2.31 bits per heavy atom. The van der Waals surface area contributed by atoms with E-state index >= 15 is 0 Å². The number of hydrogen-bond acceptors (Lipinski definition) is 5. The molecular weight excluding hydrogens is 228 g/mol. The first-order valence-corrected chi connectivity index (χ1v) is 5.24. The minimum absolute atomic E-state index is 0.0496. The topological polar surface area (TPSA) is 77.8 Å². The highest BCUT2D eigenvalue weighted by molar-refractivity contribution is 6.30. The monoisotopic (exact) mass is 238 g/mol. The number of nitrogens with two attached hydrogens (primary N) is 1. The first-order chi connectivity index (χ1) is 7.70. The second kappa shape index (κ2) is 4.59. The van der Waals surface area contributed by atoms with Crippen LogP contribution < -0.4 is 5.73 Å². The van der Waals surface area contributed by atoms with Gasteiger partial charge in [-0.1, -0.05) is 23.7 Å². The van der Waals surface area contributed by atoms with Gasteiger partial charge in [0, 0.05) is 18.7 Å². The molecule has 0 saturated carbocycles. The highest BCUT2D eigenvalue weighted by Crippen LogP contribution is 2.18. The van der Waals surface area contributed by atoms with Crippen LogP contribution in [-0.2, 0) is 0 Å². The average molecular weight is 239 g/mol. The largest absolute Gasteiger partial charge is 0.339 e. The van der Waals surface area contributed by atoms with Crippen LogP contribution in [-0.4, -0.2) is 21.7 Å². The Bertz CT molecular complexity index is 468. The molecule has 5 nitrogen and oxygen atoms in total. The van der Waals surface area contributed by atoms with Gasteiger partial charge in [0.05, 0.1) is 5.02 Å². The summed E-state index contributed by atoms with van der Waals surface area (Å²) < 4.78 is 5.09. The van der Waals surface area contributed by atoms with Crippen LogP contribution in [0, 0.1) is 0 Å². The third-order valence-corrected chi connectivity index (χ3v) is 2.40. The van der Waals surface area contributed by atoms with Gasteiger partial charge in [-0.25, -0.2) is 0 Å². The summed E-state index contributed by atoms with van der Waals surface area (Å²) in [5.41, 5.74) is 6.14. The zero-order valence-electron chi connectivity index (χ0n) is 8.72. The van der Waals surface area contributed by atoms with E-state index in [1.165, 1.54) is 0 Å². The summed E-state index contributed by atoms with van der Waals surface area (Å²) in [6.07, 6.45) is 1.54. The van der Waals surface area contributed by atoms with E-state index in [9.17, 15) is 0 Å². The highest BCUT2D eigenvalue weighted by atomic mass is 35.5. The molecule has 0 aromatic carbocycles. The van der Waals surface area contributed by atoms with Crippen LogP contribution in [0.3, 0.4) is 0 Å². The summed E-state index contributed by atoms with van der Waals surface area (Å²) in [5.74, 6) is 1.02. The summed E-state index contributed by atoms with van der Waals surface area (Å²) in [7, 11) is 0. The molecule has 2 heterocycles. The van der Waals surface area contributed by atoms with Crippen molar-refractivity contribution < 1.29 is 4.52 Å². The molecule has 0 saturated heterocycles. The number of nitrogens with zero attached hydrogens (tertiary/aromatic N) is 3. The van der Waals surface area contributed by atoms with Gasteiger partial charge < -0.3 is 10.3 Å². The number of hydrogen-bond donors (Lipinski definition) is 1. The Morgan fingerprint density at radius 1 is 1.50 bits per heavy atom. The minimum Gasteiger partial charge on any atom is -0.339 e. The van der Waals surface area contributed by atoms with Crippen LogP contribution in [0.25, 0.3) is 11.5 Å². The lowest BCUT2D eigenvalue weighted by Gasteiger charge is -1.98. The van der Waals surface area contributed by atoms with Gasteiger partial charge in [0.15, 0.2) is 0 Å². The van der Waals surface area contributed by atoms with Crippen molar-refractivity contribution in [3.05, 3.63) is 29.2 Å². The molecule has 84 valence electrons. The normalized spacial score (nSPS) is 12.7. The highest BCUT2D eigenvalue weighted by Gasteiger charge is 2.14. The molecule has 0 aliphatic heterocycles. The average Bonchev–Trinajstić information content (AvgIpc) is 2.78. The van der Waals surface area contributed by atoms with Crippen molar-refractivity contribution in [2.45, 2.75) is 12.8 Å². The van der Waals surface area contributed by atoms with Crippen LogP contribution in [0.5, 0.6) is 0 Å². The lowest BCUT2D eigenvalue weighted by atomic mass is 10.2. The molecule has 1 atom stereocenters. The predicted octanol–water partition coefficient (Wildman–Crippen LogP) is 1.85. The molecule has 0 aliphatic carbocycles. The first kappa shape index (κ1) is 11.0. The van der Waals surface area contributed by atoms with Gasteiger partial charge in [-0.15, -0.1) is 0 Å². The van der Waals surface area contributed by atoms with Gasteiger partial charge in [0.2, 0.25) is 11.7 Å². The van der Waals surface area contributed by atoms with E-state index in [1.807, 2.05) is 6.92 Å². The van der Waals surface area contributed by atoms with E-state index in [4.69, 9.17) is 21.9 Å². The molecule has 0 spiro atoms. The van der Waals surface area contributed by atoms with E-state index in [-0.39, 0.29) is 5.92 Å². The maximum absolute atomic E-state index is 5.73. The molecule has 0 radical (unpaired) electrons. The summed E-state index contributed by atoms with van der Waals surface area (Å²) in [4.78, 5) is 8.32. The van der Waals surface area contributed by atoms with Crippen molar-refractivity contribution in [2.24, 2.45) is 5.73 Å². The lowest BCUT2D eigenvalue weighted by molar-refractivity contribution is 0.361. The molecule has 0 bridgehead atoms. The van der Waals surface area contributed by atoms with Gasteiger partial charge in [-0.2, -0.15) is 4.98 Å². The number of aromatic nitrogens is 3. The van der Waals surface area contributed by atoms with E-state index in [0.29, 0.717) is 29.0 Å². The van der Waals surface area contributed by atoms with Crippen molar-refractivity contribution in [3.8, 4) is 11.5 Å². The molecule has 2 N–H and O–H groups in total. The first-order valence-electron chi connectivity index (χ1n) is 4.86. The molecule has 0 aliphatic rings. The quantitative estimate of drug-likeness (QED) is 0.883. The van der Waals surface area contributed by atoms with Crippen LogP contribution in [0.2, 0.25) is 5.02 Å². The zero-order valence-corrected chi connectivity index (χ0v) is 9.48. The summed E-state index contributed by atoms with van der Waals surface area (Å²) >= 11 is 5.73. The van der Waals surface area contributed by atoms with Crippen LogP contribution in [0.4, 0.5) is 0 Å². The minimum atomic E-state index is 0.0496. The van der Waals surface area contributed by atoms with Crippen molar-refractivity contribution in [2.75, 3.05) is 6.54 Å². The molecule has 1 unspecified atom stereocenters. The van der Waals surface area contributed by atoms with Gasteiger partial charge in [-0.05, 0) is 12.1 Å². The molecule has 0 amide bonds. The second-order valence-electron chi connectivity index (χ2n) is 3.45. The number of pyridine rings is 1. The summed E-state index contributed by atoms with van der Waals surface area (Å²) in [5, 5.41) is 4.41. The maximum Gasteiger partial charge on any atom is 0.231 e. The number of halogens is 1. The maximum atomic E-state index is 5.73. The Morgan fingerprint density at radius 3 is 2.94 bits per heavy atom. The number of rotatable bonds is 3. The zero-order chi connectivity index (χ0) is 11.5. The fraction of sp³-hybridized carbons (Fsp3) is 0.300. The van der Waals surface area contributed by atoms with Crippen LogP contribution >= 0.6 is 11.6 Å². The molecule has 6 heteroatoms. The Balaban J connectivity index is 2.28. The van der Waals surface area contributed by atoms with Gasteiger partial charge in [0.25, 0.3) is 0 Å². The molecular formula is C10H11ClN4O. The molecule has 2 aromatic heterocycles. The molecule has 0 fully saturated rings. The molecule has 2 aromatic rings. The van der Waals surface area contributed by atoms with Gasteiger partial charge in [-0.3, -0.25) is 4.98 Å². The third kappa shape index (κ3) is 2.20. The van der Waals surface area contributed by atoms with Crippen molar-refractivity contribution >= 4 is 11.6 Å². The van der Waals surface area contributed by atoms with E-state index < -0.39 is 0 Å². The summed E-state index contributed by atoms with van der Waals surface area (Å²) in [6.45, 7) is 2.39. The van der Waals surface area contributed by atoms with E-state index in [2.05, 4.69) is 15.1 Å². The lowest BCUT2D eigenvalue weighted by Crippen LogP contribution is -2.08. The Kier molecular flexibility index (Phi) is 3.17. The second-order valence-corrected chi connectivity index (χ2v) is 3.89. The van der Waals surface area contributed by atoms with Crippen molar-refractivity contribution in [1.82, 2.24) is 15.1 Å². The standard InChI is InChI=1S/C10H11ClN4O/c1-6(4-12)10-14-9(15-16-10)8-3-2-7(11)5-13-8/h2-3,5-6H,4,12H2,1H3. The van der Waals surface area contributed by atoms with Gasteiger partial charge in [0.1, 0.15) is 5.69 Å². The van der Waals surface area contributed by atoms with E-state index in [1.54, 1.807) is 18.3 Å². The fourth-order valence-electron chi connectivity index (χ4n) is 1.15. The predicted molar refractivity (Wildman–Crippen MR) is 60.0 cm³/mol. The van der Waals surface area contributed by atoms with Gasteiger partial charge >= 0.3 is 0 Å². The molecule has 2 rings (SSSR count). The molecule has 16 heavy (non-hydrogen) atoms. The van der Waals surface area contributed by atoms with E-state index in [0.717, 1.165) is 0 Å². The smallest absolute Gasteiger partial charge is 0.231 e. The SMILES string of the molecule is CC(CN)c1nc(-c2ccc(Cl)cn2)no1.